The van der Waals surface area contributed by atoms with E-state index in [1.165, 1.54) is 7.05 Å². The van der Waals surface area contributed by atoms with E-state index in [1.54, 1.807) is 6.20 Å². The van der Waals surface area contributed by atoms with Gasteiger partial charge in [0.05, 0.1) is 0 Å². The Balaban J connectivity index is 1.69. The summed E-state index contributed by atoms with van der Waals surface area (Å²) in [5.41, 5.74) is -1.64. The van der Waals surface area contributed by atoms with Crippen LogP contribution in [0.1, 0.15) is 34.8 Å². The molecule has 0 spiro atoms. The van der Waals surface area contributed by atoms with Crippen molar-refractivity contribution < 1.29 is 18.0 Å². The van der Waals surface area contributed by atoms with Gasteiger partial charge in [-0.15, -0.1) is 0 Å². The molecule has 6 nitrogen and oxygen atoms in total. The number of imidazole rings is 1. The molecule has 3 rings (SSSR count). The van der Waals surface area contributed by atoms with E-state index in [-0.39, 0.29) is 11.1 Å². The lowest BCUT2D eigenvalue weighted by Gasteiger charge is -2.17. The summed E-state index contributed by atoms with van der Waals surface area (Å²) in [5, 5.41) is 5.34. The van der Waals surface area contributed by atoms with E-state index in [0.717, 1.165) is 23.3 Å². The highest BCUT2D eigenvalue weighted by atomic mass is 35.5. The first-order chi connectivity index (χ1) is 11.6. The van der Waals surface area contributed by atoms with Crippen LogP contribution < -0.4 is 5.32 Å². The van der Waals surface area contributed by atoms with Crippen molar-refractivity contribution >= 4 is 17.5 Å². The molecule has 0 saturated heterocycles. The lowest BCUT2D eigenvalue weighted by Crippen LogP contribution is -2.33. The Labute approximate surface area is 147 Å². The first kappa shape index (κ1) is 17.8. The molecule has 1 aliphatic carbocycles. The fourth-order valence-corrected chi connectivity index (χ4v) is 3.13. The maximum Gasteiger partial charge on any atom is 0.436 e. The molecule has 10 heteroatoms. The highest BCUT2D eigenvalue weighted by Gasteiger charge is 2.44. The Kier molecular flexibility index (Phi) is 4.30. The maximum absolute atomic E-state index is 12.8. The molecular weight excluding hydrogens is 359 g/mol. The van der Waals surface area contributed by atoms with Crippen LogP contribution in [-0.2, 0) is 19.8 Å². The molecule has 2 heterocycles. The van der Waals surface area contributed by atoms with E-state index in [4.69, 9.17) is 11.6 Å². The largest absolute Gasteiger partial charge is 0.436 e. The summed E-state index contributed by atoms with van der Waals surface area (Å²) in [5.74, 6) is 0.214. The fraction of sp³-hybridized carbons (Fsp3) is 0.533. The Morgan fingerprint density at radius 3 is 2.60 bits per heavy atom. The molecule has 1 amide bonds. The third kappa shape index (κ3) is 3.51. The fourth-order valence-electron chi connectivity index (χ4n) is 2.78. The molecule has 25 heavy (non-hydrogen) atoms. The van der Waals surface area contributed by atoms with E-state index < -0.39 is 22.8 Å². The topological polar surface area (TPSA) is 64.7 Å². The summed E-state index contributed by atoms with van der Waals surface area (Å²) >= 11 is 5.73. The number of nitrogens with one attached hydrogen (secondary N) is 1. The average Bonchev–Trinajstić information content (AvgIpc) is 3.06. The van der Waals surface area contributed by atoms with Gasteiger partial charge in [0, 0.05) is 37.9 Å². The van der Waals surface area contributed by atoms with Crippen LogP contribution in [0.2, 0.25) is 5.02 Å². The predicted octanol–water partition coefficient (Wildman–Crippen LogP) is 2.81. The molecule has 0 bridgehead atoms. The van der Waals surface area contributed by atoms with Gasteiger partial charge in [-0.1, -0.05) is 11.6 Å². The number of rotatable bonds is 5. The van der Waals surface area contributed by atoms with Crippen LogP contribution in [0.5, 0.6) is 0 Å². The zero-order chi connectivity index (χ0) is 18.4. The number of alkyl halides is 3. The number of hydrogen-bond donors (Lipinski definition) is 1. The van der Waals surface area contributed by atoms with E-state index in [9.17, 15) is 18.0 Å². The number of carbonyl (C=O) groups excluding carboxylic acids is 1. The van der Waals surface area contributed by atoms with Gasteiger partial charge in [0.2, 0.25) is 0 Å². The summed E-state index contributed by atoms with van der Waals surface area (Å²) in [6.07, 6.45) is 0.725. The summed E-state index contributed by atoms with van der Waals surface area (Å²) in [4.78, 5) is 16.5. The van der Waals surface area contributed by atoms with Crippen LogP contribution in [0, 0.1) is 12.3 Å². The van der Waals surface area contributed by atoms with Crippen molar-refractivity contribution in [1.29, 1.82) is 0 Å². The molecule has 1 N–H and O–H groups in total. The third-order valence-corrected chi connectivity index (χ3v) is 4.84. The molecule has 0 radical (unpaired) electrons. The molecular formula is C15H17ClF3N5O. The van der Waals surface area contributed by atoms with Crippen molar-refractivity contribution in [3.05, 3.63) is 34.6 Å². The quantitative estimate of drug-likeness (QED) is 0.874. The first-order valence-electron chi connectivity index (χ1n) is 7.69. The van der Waals surface area contributed by atoms with Gasteiger partial charge in [0.1, 0.15) is 16.5 Å². The minimum absolute atomic E-state index is 0.0982. The van der Waals surface area contributed by atoms with Crippen molar-refractivity contribution in [1.82, 2.24) is 24.6 Å². The van der Waals surface area contributed by atoms with Gasteiger partial charge in [0.25, 0.3) is 5.91 Å². The summed E-state index contributed by atoms with van der Waals surface area (Å²) in [6.45, 7) is 2.95. The van der Waals surface area contributed by atoms with E-state index >= 15 is 0 Å². The van der Waals surface area contributed by atoms with E-state index in [2.05, 4.69) is 15.4 Å². The number of carbonyl (C=O) groups is 1. The van der Waals surface area contributed by atoms with Crippen molar-refractivity contribution in [2.75, 3.05) is 6.54 Å². The third-order valence-electron chi connectivity index (χ3n) is 4.48. The van der Waals surface area contributed by atoms with Crippen LogP contribution in [0.25, 0.3) is 0 Å². The first-order valence-corrected chi connectivity index (χ1v) is 8.06. The van der Waals surface area contributed by atoms with Crippen LogP contribution in [0.15, 0.2) is 12.4 Å². The van der Waals surface area contributed by atoms with Crippen LogP contribution in [0.4, 0.5) is 13.2 Å². The Morgan fingerprint density at radius 1 is 1.44 bits per heavy atom. The van der Waals surface area contributed by atoms with Gasteiger partial charge in [-0.05, 0) is 19.8 Å². The second-order valence-corrected chi connectivity index (χ2v) is 6.80. The molecule has 1 aliphatic rings. The van der Waals surface area contributed by atoms with Crippen LogP contribution >= 0.6 is 11.6 Å². The molecule has 0 atom stereocenters. The number of aryl methyl sites for hydroxylation is 2. The summed E-state index contributed by atoms with van der Waals surface area (Å²) < 4.78 is 41.4. The number of hydrogen-bond acceptors (Lipinski definition) is 3. The average molecular weight is 376 g/mol. The van der Waals surface area contributed by atoms with Gasteiger partial charge in [0.15, 0.2) is 5.69 Å². The highest BCUT2D eigenvalue weighted by Crippen LogP contribution is 2.46. The van der Waals surface area contributed by atoms with Crippen molar-refractivity contribution in [3.8, 4) is 0 Å². The van der Waals surface area contributed by atoms with E-state index in [1.807, 2.05) is 17.7 Å². The molecule has 0 aromatic carbocycles. The van der Waals surface area contributed by atoms with Gasteiger partial charge < -0.3 is 9.88 Å². The lowest BCUT2D eigenvalue weighted by molar-refractivity contribution is -0.141. The number of aromatic nitrogens is 4. The minimum Gasteiger partial charge on any atom is -0.350 e. The van der Waals surface area contributed by atoms with E-state index in [0.29, 0.717) is 13.1 Å². The number of nitrogens with zero attached hydrogens (tertiary/aromatic N) is 4. The molecule has 0 aliphatic heterocycles. The molecule has 2 aromatic rings. The highest BCUT2D eigenvalue weighted by molar-refractivity contribution is 6.34. The zero-order valence-electron chi connectivity index (χ0n) is 13.7. The summed E-state index contributed by atoms with van der Waals surface area (Å²) in [7, 11) is 1.26. The number of halogens is 4. The van der Waals surface area contributed by atoms with Gasteiger partial charge in [-0.3, -0.25) is 9.48 Å². The summed E-state index contributed by atoms with van der Waals surface area (Å²) in [6, 6.07) is 0. The van der Waals surface area contributed by atoms with Gasteiger partial charge in [-0.2, -0.15) is 18.3 Å². The number of amides is 1. The normalized spacial score (nSPS) is 16.1. The molecule has 1 fully saturated rings. The molecule has 0 unspecified atom stereocenters. The Hall–Kier alpha value is -2.03. The van der Waals surface area contributed by atoms with Gasteiger partial charge in [-0.25, -0.2) is 4.98 Å². The standard InChI is InChI=1S/C15H17ClF3N5O/c1-9-20-5-6-24(9)8-14(3-4-14)7-21-13(25)11-10(16)12(15(17,18)19)22-23(11)2/h5-6H,3-4,7-8H2,1-2H3,(H,21,25). The maximum atomic E-state index is 12.8. The minimum atomic E-state index is -4.70. The van der Waals surface area contributed by atoms with Crippen LogP contribution in [0.3, 0.4) is 0 Å². The molecule has 136 valence electrons. The zero-order valence-corrected chi connectivity index (χ0v) is 14.4. The molecule has 2 aromatic heterocycles. The second-order valence-electron chi connectivity index (χ2n) is 6.42. The van der Waals surface area contributed by atoms with Crippen molar-refractivity contribution in [3.63, 3.8) is 0 Å². The Morgan fingerprint density at radius 2 is 2.12 bits per heavy atom. The monoisotopic (exact) mass is 375 g/mol. The second kappa shape index (κ2) is 6.05. The van der Waals surface area contributed by atoms with Crippen molar-refractivity contribution in [2.45, 2.75) is 32.5 Å². The Bertz CT molecular complexity index is 807. The van der Waals surface area contributed by atoms with Gasteiger partial charge >= 0.3 is 6.18 Å². The lowest BCUT2D eigenvalue weighted by atomic mass is 10.1. The predicted molar refractivity (Wildman–Crippen MR) is 84.2 cm³/mol. The van der Waals surface area contributed by atoms with Crippen molar-refractivity contribution in [2.24, 2.45) is 12.5 Å². The SMILES string of the molecule is Cc1nccn1CC1(CNC(=O)c2c(Cl)c(C(F)(F)F)nn2C)CC1. The smallest absolute Gasteiger partial charge is 0.350 e. The molecule has 1 saturated carbocycles. The van der Waals surface area contributed by atoms with Crippen LogP contribution in [-0.4, -0.2) is 31.8 Å².